The number of rotatable bonds is 7. The Balaban J connectivity index is 2.28. The van der Waals surface area contributed by atoms with Crippen LogP contribution < -0.4 is 9.47 Å². The molecule has 0 saturated heterocycles. The van der Waals surface area contributed by atoms with E-state index < -0.39 is 30.8 Å². The molecule has 2 rings (SSSR count). The predicted octanol–water partition coefficient (Wildman–Crippen LogP) is 4.87. The third-order valence-electron chi connectivity index (χ3n) is 3.13. The molecule has 4 nitrogen and oxygen atoms in total. The van der Waals surface area contributed by atoms with Crippen molar-refractivity contribution in [1.82, 2.24) is 4.98 Å². The van der Waals surface area contributed by atoms with Gasteiger partial charge in [-0.1, -0.05) is 29.3 Å². The number of ether oxygens (including phenoxy) is 2. The van der Waals surface area contributed by atoms with Crippen LogP contribution in [0, 0.1) is 0 Å². The highest BCUT2D eigenvalue weighted by atomic mass is 35.5. The van der Waals surface area contributed by atoms with Crippen LogP contribution in [0.5, 0.6) is 11.5 Å². The van der Waals surface area contributed by atoms with Gasteiger partial charge in [-0.25, -0.2) is 0 Å². The van der Waals surface area contributed by atoms with E-state index in [0.29, 0.717) is 5.56 Å². The Kier molecular flexibility index (Phi) is 6.69. The maximum absolute atomic E-state index is 12.5. The summed E-state index contributed by atoms with van der Waals surface area (Å²) in [6.07, 6.45) is 1.41. The SMILES string of the molecule is O[C@H](Cc1c(Cl)cncc1Cl)c1ccc(OC(F)F)c(OC(F)F)c1. The zero-order valence-electron chi connectivity index (χ0n) is 12.3. The van der Waals surface area contributed by atoms with Gasteiger partial charge in [0.15, 0.2) is 11.5 Å². The summed E-state index contributed by atoms with van der Waals surface area (Å²) in [5.74, 6) is -1.20. The minimum atomic E-state index is -3.25. The molecule has 0 saturated carbocycles. The second kappa shape index (κ2) is 8.55. The molecular formula is C15H11Cl2F4NO3. The molecule has 1 atom stereocenters. The topological polar surface area (TPSA) is 51.6 Å². The lowest BCUT2D eigenvalue weighted by Crippen LogP contribution is -2.09. The van der Waals surface area contributed by atoms with Crippen molar-refractivity contribution in [1.29, 1.82) is 0 Å². The first kappa shape index (κ1) is 19.6. The summed E-state index contributed by atoms with van der Waals surface area (Å²) in [5, 5.41) is 10.7. The Morgan fingerprint density at radius 3 is 2.08 bits per heavy atom. The highest BCUT2D eigenvalue weighted by Gasteiger charge is 2.19. The summed E-state index contributed by atoms with van der Waals surface area (Å²) in [4.78, 5) is 3.77. The van der Waals surface area contributed by atoms with Crippen molar-refractivity contribution in [2.24, 2.45) is 0 Å². The van der Waals surface area contributed by atoms with Crippen molar-refractivity contribution in [3.05, 3.63) is 51.8 Å². The highest BCUT2D eigenvalue weighted by molar-refractivity contribution is 6.35. The maximum Gasteiger partial charge on any atom is 0.387 e. The molecule has 0 bridgehead atoms. The Morgan fingerprint density at radius 1 is 0.960 bits per heavy atom. The average molecular weight is 400 g/mol. The first-order valence-corrected chi connectivity index (χ1v) is 7.53. The Bertz CT molecular complexity index is 714. The Labute approximate surface area is 149 Å². The van der Waals surface area contributed by atoms with E-state index in [0.717, 1.165) is 12.1 Å². The van der Waals surface area contributed by atoms with Gasteiger partial charge in [-0.15, -0.1) is 0 Å². The van der Waals surface area contributed by atoms with E-state index in [-0.39, 0.29) is 22.0 Å². The molecule has 0 unspecified atom stereocenters. The Hall–Kier alpha value is -1.77. The van der Waals surface area contributed by atoms with E-state index in [1.165, 1.54) is 18.5 Å². The second-order valence-corrected chi connectivity index (χ2v) is 5.58. The number of hydrogen-bond acceptors (Lipinski definition) is 4. The number of aliphatic hydroxyl groups excluding tert-OH is 1. The van der Waals surface area contributed by atoms with Gasteiger partial charge in [0.2, 0.25) is 0 Å². The molecule has 0 aliphatic rings. The molecule has 136 valence electrons. The van der Waals surface area contributed by atoms with E-state index >= 15 is 0 Å². The lowest BCUT2D eigenvalue weighted by atomic mass is 10.0. The molecule has 1 N–H and O–H groups in total. The summed E-state index contributed by atoms with van der Waals surface area (Å²) in [6.45, 7) is -6.47. The van der Waals surface area contributed by atoms with Crippen molar-refractivity contribution >= 4 is 23.2 Å². The van der Waals surface area contributed by atoms with Gasteiger partial charge in [0.05, 0.1) is 16.1 Å². The van der Waals surface area contributed by atoms with Gasteiger partial charge < -0.3 is 14.6 Å². The summed E-state index contributed by atoms with van der Waals surface area (Å²) < 4.78 is 57.8. The number of halogens is 6. The summed E-state index contributed by atoms with van der Waals surface area (Å²) in [6, 6.07) is 3.22. The van der Waals surface area contributed by atoms with Crippen LogP contribution in [0.15, 0.2) is 30.6 Å². The molecule has 0 amide bonds. The van der Waals surface area contributed by atoms with Crippen molar-refractivity contribution in [2.45, 2.75) is 25.7 Å². The van der Waals surface area contributed by atoms with Crippen LogP contribution in [0.3, 0.4) is 0 Å². The molecule has 0 aliphatic heterocycles. The van der Waals surface area contributed by atoms with Crippen LogP contribution in [-0.2, 0) is 6.42 Å². The molecule has 0 aliphatic carbocycles. The number of aromatic nitrogens is 1. The fourth-order valence-corrected chi connectivity index (χ4v) is 2.58. The minimum absolute atomic E-state index is 0.0522. The van der Waals surface area contributed by atoms with Gasteiger partial charge >= 0.3 is 13.2 Å². The standard InChI is InChI=1S/C15H11Cl2F4NO3/c16-9-5-22-6-10(17)8(9)4-11(23)7-1-2-12(24-14(18)19)13(3-7)25-15(20)21/h1-3,5-6,11,14-15,23H,4H2/t11-/m1/s1. The number of aliphatic hydroxyl groups is 1. The van der Waals surface area contributed by atoms with E-state index in [2.05, 4.69) is 14.5 Å². The molecule has 1 heterocycles. The van der Waals surface area contributed by atoms with Crippen molar-refractivity contribution in [3.8, 4) is 11.5 Å². The van der Waals surface area contributed by atoms with Crippen LogP contribution >= 0.6 is 23.2 Å². The average Bonchev–Trinajstić information content (AvgIpc) is 2.51. The molecule has 0 spiro atoms. The van der Waals surface area contributed by atoms with E-state index in [1.807, 2.05) is 0 Å². The normalized spacial score (nSPS) is 12.5. The summed E-state index contributed by atoms with van der Waals surface area (Å²) >= 11 is 11.9. The van der Waals surface area contributed by atoms with Crippen LogP contribution in [0.4, 0.5) is 17.6 Å². The largest absolute Gasteiger partial charge is 0.431 e. The van der Waals surface area contributed by atoms with Crippen LogP contribution in [-0.4, -0.2) is 23.3 Å². The van der Waals surface area contributed by atoms with Crippen molar-refractivity contribution < 1.29 is 32.1 Å². The maximum atomic E-state index is 12.5. The molecule has 0 fully saturated rings. The first-order chi connectivity index (χ1) is 11.8. The molecular weight excluding hydrogens is 389 g/mol. The molecule has 1 aromatic heterocycles. The number of hydrogen-bond donors (Lipinski definition) is 1. The van der Waals surface area contributed by atoms with Gasteiger partial charge in [-0.2, -0.15) is 17.6 Å². The van der Waals surface area contributed by atoms with Gasteiger partial charge in [0.25, 0.3) is 0 Å². The molecule has 0 radical (unpaired) electrons. The smallest absolute Gasteiger partial charge is 0.387 e. The van der Waals surface area contributed by atoms with Crippen LogP contribution in [0.25, 0.3) is 0 Å². The van der Waals surface area contributed by atoms with Crippen LogP contribution in [0.1, 0.15) is 17.2 Å². The Morgan fingerprint density at radius 2 is 1.52 bits per heavy atom. The third kappa shape index (κ3) is 5.35. The lowest BCUT2D eigenvalue weighted by Gasteiger charge is -2.17. The van der Waals surface area contributed by atoms with E-state index in [9.17, 15) is 22.7 Å². The molecule has 25 heavy (non-hydrogen) atoms. The summed E-state index contributed by atoms with van der Waals surface area (Å²) in [7, 11) is 0. The fourth-order valence-electron chi connectivity index (χ4n) is 2.06. The molecule has 1 aromatic carbocycles. The molecule has 2 aromatic rings. The van der Waals surface area contributed by atoms with E-state index in [1.54, 1.807) is 0 Å². The number of benzene rings is 1. The van der Waals surface area contributed by atoms with Gasteiger partial charge in [0, 0.05) is 18.8 Å². The van der Waals surface area contributed by atoms with Gasteiger partial charge in [-0.3, -0.25) is 4.98 Å². The minimum Gasteiger partial charge on any atom is -0.431 e. The van der Waals surface area contributed by atoms with Gasteiger partial charge in [-0.05, 0) is 23.3 Å². The number of alkyl halides is 4. The zero-order chi connectivity index (χ0) is 18.6. The lowest BCUT2D eigenvalue weighted by molar-refractivity contribution is -0.0693. The number of nitrogens with zero attached hydrogens (tertiary/aromatic N) is 1. The monoisotopic (exact) mass is 399 g/mol. The third-order valence-corrected chi connectivity index (χ3v) is 3.79. The van der Waals surface area contributed by atoms with E-state index in [4.69, 9.17) is 23.2 Å². The zero-order valence-corrected chi connectivity index (χ0v) is 13.8. The molecule has 10 heteroatoms. The number of pyridine rings is 1. The van der Waals surface area contributed by atoms with Crippen molar-refractivity contribution in [2.75, 3.05) is 0 Å². The second-order valence-electron chi connectivity index (χ2n) is 4.76. The van der Waals surface area contributed by atoms with Gasteiger partial charge in [0.1, 0.15) is 0 Å². The fraction of sp³-hybridized carbons (Fsp3) is 0.267. The predicted molar refractivity (Wildman–Crippen MR) is 82.6 cm³/mol. The quantitative estimate of drug-likeness (QED) is 0.675. The highest BCUT2D eigenvalue weighted by Crippen LogP contribution is 2.35. The van der Waals surface area contributed by atoms with Crippen molar-refractivity contribution in [3.63, 3.8) is 0 Å². The van der Waals surface area contributed by atoms with Crippen LogP contribution in [0.2, 0.25) is 10.0 Å². The first-order valence-electron chi connectivity index (χ1n) is 6.77. The summed E-state index contributed by atoms with van der Waals surface area (Å²) in [5.41, 5.74) is 0.524.